The Morgan fingerprint density at radius 3 is 1.41 bits per heavy atom. The first-order valence-corrected chi connectivity index (χ1v) is 22.3. The summed E-state index contributed by atoms with van der Waals surface area (Å²) in [6.45, 7) is 0. The second-order valence-corrected chi connectivity index (χ2v) is 17.1. The second kappa shape index (κ2) is 15.5. The lowest BCUT2D eigenvalue weighted by molar-refractivity contribution is 1.18. The van der Waals surface area contributed by atoms with Crippen molar-refractivity contribution >= 4 is 70.4 Å². The van der Waals surface area contributed by atoms with Crippen molar-refractivity contribution in [3.63, 3.8) is 0 Å². The van der Waals surface area contributed by atoms with E-state index in [0.29, 0.717) is 0 Å². The summed E-state index contributed by atoms with van der Waals surface area (Å²) in [6.07, 6.45) is 0. The first-order chi connectivity index (χ1) is 31.3. The van der Waals surface area contributed by atoms with Crippen molar-refractivity contribution in [3.8, 4) is 50.2 Å². The summed E-state index contributed by atoms with van der Waals surface area (Å²) in [6, 6.07) is 88.4. The van der Waals surface area contributed by atoms with Crippen LogP contribution in [0.2, 0.25) is 0 Å². The van der Waals surface area contributed by atoms with Crippen LogP contribution in [-0.2, 0) is 0 Å². The fourth-order valence-electron chi connectivity index (χ4n) is 9.48. The van der Waals surface area contributed by atoms with Gasteiger partial charge in [-0.1, -0.05) is 182 Å². The average Bonchev–Trinajstić information content (AvgIpc) is 3.91. The molecule has 0 N–H and O–H groups in total. The van der Waals surface area contributed by atoms with Crippen LogP contribution in [0.4, 0.5) is 17.1 Å². The van der Waals surface area contributed by atoms with Crippen molar-refractivity contribution in [1.82, 2.24) is 4.57 Å². The number of nitrogens with zero attached hydrogens (tertiary/aromatic N) is 2. The molecule has 0 aliphatic rings. The van der Waals surface area contributed by atoms with Gasteiger partial charge in [-0.05, 0) is 94.0 Å². The Morgan fingerprint density at radius 2 is 0.778 bits per heavy atom. The summed E-state index contributed by atoms with van der Waals surface area (Å²) in [5.41, 5.74) is 16.3. The van der Waals surface area contributed by atoms with E-state index in [2.05, 4.69) is 252 Å². The number of hydrogen-bond acceptors (Lipinski definition) is 2. The predicted octanol–water partition coefficient (Wildman–Crippen LogP) is 17.3. The third-order valence-electron chi connectivity index (χ3n) is 12.4. The van der Waals surface area contributed by atoms with Crippen molar-refractivity contribution in [2.45, 2.75) is 0 Å². The number of aromatic nitrogens is 1. The Balaban J connectivity index is 1.10. The first kappa shape index (κ1) is 36.8. The van der Waals surface area contributed by atoms with Gasteiger partial charge < -0.3 is 9.47 Å². The van der Waals surface area contributed by atoms with Gasteiger partial charge in [0, 0.05) is 59.1 Å². The molecule has 0 atom stereocenters. The highest BCUT2D eigenvalue weighted by atomic mass is 32.1. The van der Waals surface area contributed by atoms with Gasteiger partial charge in [-0.15, -0.1) is 11.3 Å². The monoisotopic (exact) mass is 820 g/mol. The molecule has 63 heavy (non-hydrogen) atoms. The molecule has 0 aliphatic heterocycles. The summed E-state index contributed by atoms with van der Waals surface area (Å²) in [5, 5.41) is 5.08. The van der Waals surface area contributed by atoms with E-state index in [1.54, 1.807) is 0 Å². The van der Waals surface area contributed by atoms with E-state index in [4.69, 9.17) is 0 Å². The van der Waals surface area contributed by atoms with Crippen LogP contribution in [0.3, 0.4) is 0 Å². The maximum atomic E-state index is 2.45. The third-order valence-corrected chi connectivity index (χ3v) is 13.7. The highest BCUT2D eigenvalue weighted by Gasteiger charge is 2.22. The fourth-order valence-corrected chi connectivity index (χ4v) is 10.7. The standard InChI is InChI=1S/C60H40N2S/c1-3-16-41(17-4-1)43-30-34-45(35-31-43)61(46-36-32-44(33-37-46)42-18-5-2-6-19-42)47-38-39-48(55(40-47)54-25-15-24-53-52-23-10-14-29-59(52)63-60(53)54)49-20-7-11-26-56(49)62-57-27-12-8-21-50(57)51-22-9-13-28-58(51)62/h1-40H. The van der Waals surface area contributed by atoms with Gasteiger partial charge in [0.15, 0.2) is 0 Å². The SMILES string of the molecule is c1ccc(-c2ccc(N(c3ccc(-c4ccccc4)cc3)c3ccc(-c4ccccc4-n4c5ccccc5c5ccccc54)c(-c4cccc5c4sc4ccccc45)c3)cc2)cc1. The Kier molecular flexibility index (Phi) is 9.06. The molecule has 296 valence electrons. The van der Waals surface area contributed by atoms with Crippen LogP contribution in [0.25, 0.3) is 92.2 Å². The molecule has 0 unspecified atom stereocenters. The minimum absolute atomic E-state index is 1.08. The molecule has 0 saturated carbocycles. The Hall–Kier alpha value is -7.98. The first-order valence-electron chi connectivity index (χ1n) is 21.5. The van der Waals surface area contributed by atoms with Crippen LogP contribution in [0.5, 0.6) is 0 Å². The Bertz CT molecular complexity index is 3470. The van der Waals surface area contributed by atoms with E-state index in [0.717, 1.165) is 22.7 Å². The van der Waals surface area contributed by atoms with Crippen LogP contribution in [0.15, 0.2) is 243 Å². The smallest absolute Gasteiger partial charge is 0.0541 e. The maximum Gasteiger partial charge on any atom is 0.0541 e. The number of fused-ring (bicyclic) bond motifs is 6. The molecular formula is C60H40N2S. The molecule has 3 heteroatoms. The lowest BCUT2D eigenvalue weighted by Gasteiger charge is -2.27. The zero-order valence-corrected chi connectivity index (χ0v) is 35.2. The minimum Gasteiger partial charge on any atom is -0.310 e. The van der Waals surface area contributed by atoms with Gasteiger partial charge in [0.1, 0.15) is 0 Å². The van der Waals surface area contributed by atoms with Crippen LogP contribution < -0.4 is 4.90 Å². The molecule has 0 radical (unpaired) electrons. The summed E-state index contributed by atoms with van der Waals surface area (Å²) < 4.78 is 5.03. The Morgan fingerprint density at radius 1 is 0.302 bits per heavy atom. The summed E-state index contributed by atoms with van der Waals surface area (Å²) in [7, 11) is 0. The van der Waals surface area contributed by atoms with Crippen LogP contribution in [0, 0.1) is 0 Å². The molecule has 10 aromatic carbocycles. The van der Waals surface area contributed by atoms with Crippen LogP contribution >= 0.6 is 11.3 Å². The molecule has 2 aromatic heterocycles. The number of para-hydroxylation sites is 3. The number of rotatable bonds is 8. The lowest BCUT2D eigenvalue weighted by Crippen LogP contribution is -2.10. The Labute approximate surface area is 370 Å². The van der Waals surface area contributed by atoms with Gasteiger partial charge in [-0.25, -0.2) is 0 Å². The van der Waals surface area contributed by atoms with E-state index in [1.807, 2.05) is 11.3 Å². The maximum absolute atomic E-state index is 2.45. The molecule has 0 bridgehead atoms. The molecular weight excluding hydrogens is 781 g/mol. The topological polar surface area (TPSA) is 8.17 Å². The second-order valence-electron chi connectivity index (χ2n) is 16.1. The summed E-state index contributed by atoms with van der Waals surface area (Å²) in [4.78, 5) is 2.40. The highest BCUT2D eigenvalue weighted by Crippen LogP contribution is 2.47. The molecule has 0 spiro atoms. The van der Waals surface area contributed by atoms with Gasteiger partial charge in [0.2, 0.25) is 0 Å². The molecule has 0 saturated heterocycles. The number of anilines is 3. The van der Waals surface area contributed by atoms with E-state index >= 15 is 0 Å². The summed E-state index contributed by atoms with van der Waals surface area (Å²) >= 11 is 1.88. The van der Waals surface area contributed by atoms with Crippen molar-refractivity contribution < 1.29 is 0 Å². The quantitative estimate of drug-likeness (QED) is 0.148. The largest absolute Gasteiger partial charge is 0.310 e. The number of benzene rings is 10. The van der Waals surface area contributed by atoms with E-state index in [-0.39, 0.29) is 0 Å². The van der Waals surface area contributed by atoms with E-state index in [1.165, 1.54) is 86.5 Å². The number of thiophene rings is 1. The fraction of sp³-hybridized carbons (Fsp3) is 0. The van der Waals surface area contributed by atoms with Gasteiger partial charge in [-0.2, -0.15) is 0 Å². The molecule has 0 fully saturated rings. The molecule has 2 nitrogen and oxygen atoms in total. The van der Waals surface area contributed by atoms with Gasteiger partial charge in [-0.3, -0.25) is 0 Å². The van der Waals surface area contributed by atoms with Crippen molar-refractivity contribution in [1.29, 1.82) is 0 Å². The zero-order valence-electron chi connectivity index (χ0n) is 34.4. The molecule has 12 rings (SSSR count). The van der Waals surface area contributed by atoms with Gasteiger partial charge in [0.25, 0.3) is 0 Å². The zero-order chi connectivity index (χ0) is 41.7. The third kappa shape index (κ3) is 6.41. The number of hydrogen-bond donors (Lipinski definition) is 0. The molecule has 0 amide bonds. The molecule has 12 aromatic rings. The normalized spacial score (nSPS) is 11.5. The minimum atomic E-state index is 1.08. The van der Waals surface area contributed by atoms with Crippen molar-refractivity contribution in [2.75, 3.05) is 4.90 Å². The van der Waals surface area contributed by atoms with Crippen molar-refractivity contribution in [2.24, 2.45) is 0 Å². The van der Waals surface area contributed by atoms with Crippen LogP contribution in [-0.4, -0.2) is 4.57 Å². The highest BCUT2D eigenvalue weighted by molar-refractivity contribution is 7.26. The molecule has 0 aliphatic carbocycles. The van der Waals surface area contributed by atoms with Crippen molar-refractivity contribution in [3.05, 3.63) is 243 Å². The van der Waals surface area contributed by atoms with E-state index < -0.39 is 0 Å². The van der Waals surface area contributed by atoms with Gasteiger partial charge in [0.05, 0.1) is 16.7 Å². The lowest BCUT2D eigenvalue weighted by atomic mass is 9.91. The molecule has 2 heterocycles. The van der Waals surface area contributed by atoms with Crippen LogP contribution in [0.1, 0.15) is 0 Å². The average molecular weight is 821 g/mol. The van der Waals surface area contributed by atoms with E-state index in [9.17, 15) is 0 Å². The summed E-state index contributed by atoms with van der Waals surface area (Å²) in [5.74, 6) is 0. The van der Waals surface area contributed by atoms with Gasteiger partial charge >= 0.3 is 0 Å². The predicted molar refractivity (Wildman–Crippen MR) is 270 cm³/mol.